The summed E-state index contributed by atoms with van der Waals surface area (Å²) < 4.78 is 3.77. The van der Waals surface area contributed by atoms with Gasteiger partial charge in [0.15, 0.2) is 5.13 Å². The predicted molar refractivity (Wildman–Crippen MR) is 47.3 cm³/mol. The van der Waals surface area contributed by atoms with Crippen LogP contribution in [0.25, 0.3) is 0 Å². The van der Waals surface area contributed by atoms with Crippen LogP contribution in [-0.2, 0) is 14.8 Å². The number of nitrogen functional groups attached to an aromatic ring is 1. The average Bonchev–Trinajstić information content (AvgIpc) is 2.59. The lowest BCUT2D eigenvalue weighted by Gasteiger charge is -1.98. The van der Waals surface area contributed by atoms with E-state index in [1.807, 2.05) is 0 Å². The third kappa shape index (κ3) is 2.80. The first-order valence-corrected chi connectivity index (χ1v) is 4.32. The molecule has 0 amide bonds. The second kappa shape index (κ2) is 5.32. The van der Waals surface area contributed by atoms with Crippen LogP contribution in [0.15, 0.2) is 5.16 Å². The van der Waals surface area contributed by atoms with Crippen LogP contribution in [0, 0.1) is 0 Å². The van der Waals surface area contributed by atoms with E-state index in [9.17, 15) is 0 Å². The molecule has 9 heteroatoms. The zero-order chi connectivity index (χ0) is 10.4. The van der Waals surface area contributed by atoms with Crippen molar-refractivity contribution in [2.75, 3.05) is 12.3 Å². The molecule has 78 valence electrons. The molecule has 0 saturated carbocycles. The summed E-state index contributed by atoms with van der Waals surface area (Å²) in [6.45, 7) is 2.06. The summed E-state index contributed by atoms with van der Waals surface area (Å²) in [7, 11) is 0. The Morgan fingerprint density at radius 2 is 2.50 bits per heavy atom. The van der Waals surface area contributed by atoms with Gasteiger partial charge in [-0.15, -0.1) is 0 Å². The monoisotopic (exact) mass is 220 g/mol. The Morgan fingerprint density at radius 1 is 1.71 bits per heavy atom. The van der Waals surface area contributed by atoms with Crippen LogP contribution in [0.4, 0.5) is 5.13 Å². The maximum atomic E-state index is 8.06. The summed E-state index contributed by atoms with van der Waals surface area (Å²) in [6.07, 6.45) is 0. The fraction of sp³-hybridized carbons (Fsp3) is 0.400. The molecule has 0 unspecified atom stereocenters. The van der Waals surface area contributed by atoms with Crippen LogP contribution in [0.2, 0.25) is 0 Å². The van der Waals surface area contributed by atoms with Crippen molar-refractivity contribution in [3.63, 3.8) is 0 Å². The number of nitrogens with zero attached hydrogens (tertiary/aromatic N) is 3. The Bertz CT molecular complexity index is 314. The van der Waals surface area contributed by atoms with Gasteiger partial charge in [0.1, 0.15) is 6.61 Å². The number of nitrogens with two attached hydrogens (primary N) is 1. The average molecular weight is 220 g/mol. The Morgan fingerprint density at radius 3 is 3.00 bits per heavy atom. The number of hydrogen-bond donors (Lipinski definition) is 2. The van der Waals surface area contributed by atoms with E-state index in [2.05, 4.69) is 29.3 Å². The topological polar surface area (TPSA) is 112 Å². The second-order valence-electron chi connectivity index (χ2n) is 1.93. The van der Waals surface area contributed by atoms with Gasteiger partial charge in [-0.1, -0.05) is 0 Å². The Kier molecular flexibility index (Phi) is 4.04. The van der Waals surface area contributed by atoms with E-state index in [-0.39, 0.29) is 16.9 Å². The molecule has 1 heterocycles. The molecule has 0 spiro atoms. The highest BCUT2D eigenvalue weighted by molar-refractivity contribution is 7.09. The molecule has 0 bridgehead atoms. The molecule has 0 atom stereocenters. The maximum absolute atomic E-state index is 8.06. The van der Waals surface area contributed by atoms with Crippen molar-refractivity contribution in [1.29, 1.82) is 0 Å². The van der Waals surface area contributed by atoms with Gasteiger partial charge in [0.2, 0.25) is 5.82 Å². The summed E-state index contributed by atoms with van der Waals surface area (Å²) in [5.41, 5.74) is 5.33. The third-order valence-corrected chi connectivity index (χ3v) is 1.57. The summed E-state index contributed by atoms with van der Waals surface area (Å²) in [5, 5.41) is 15.2. The second-order valence-corrected chi connectivity index (χ2v) is 2.71. The fourth-order valence-corrected chi connectivity index (χ4v) is 1.00. The highest BCUT2D eigenvalue weighted by atomic mass is 32.1. The number of hydrogen-bond acceptors (Lipinski definition) is 9. The molecular weight excluding hydrogens is 212 g/mol. The van der Waals surface area contributed by atoms with Crippen molar-refractivity contribution in [3.8, 4) is 0 Å². The smallest absolute Gasteiger partial charge is 0.339 e. The summed E-state index contributed by atoms with van der Waals surface area (Å²) in [6, 6.07) is 0. The van der Waals surface area contributed by atoms with E-state index in [0.29, 0.717) is 6.61 Å². The zero-order valence-electron chi connectivity index (χ0n) is 7.21. The van der Waals surface area contributed by atoms with Crippen LogP contribution < -0.4 is 5.73 Å². The Balaban J connectivity index is 2.77. The Labute approximate surface area is 82.9 Å². The lowest BCUT2D eigenvalue weighted by Crippen LogP contribution is -2.09. The molecule has 1 rings (SSSR count). The van der Waals surface area contributed by atoms with Gasteiger partial charge in [-0.3, -0.25) is 4.89 Å². The number of rotatable bonds is 4. The van der Waals surface area contributed by atoms with Gasteiger partial charge in [-0.2, -0.15) is 9.36 Å². The van der Waals surface area contributed by atoms with Gasteiger partial charge in [0.25, 0.3) is 0 Å². The molecule has 0 saturated heterocycles. The van der Waals surface area contributed by atoms with Crippen LogP contribution in [0.5, 0.6) is 0 Å². The summed E-state index contributed by atoms with van der Waals surface area (Å²) in [5.74, 6) is -0.127. The summed E-state index contributed by atoms with van der Waals surface area (Å²) in [4.78, 5) is 12.7. The van der Waals surface area contributed by atoms with E-state index < -0.39 is 0 Å². The van der Waals surface area contributed by atoms with Gasteiger partial charge in [-0.25, -0.2) is 5.26 Å². The van der Waals surface area contributed by atoms with Crippen LogP contribution in [-0.4, -0.2) is 27.1 Å². The first-order valence-electron chi connectivity index (χ1n) is 3.55. The molecule has 0 aliphatic rings. The highest BCUT2D eigenvalue weighted by Crippen LogP contribution is 2.07. The van der Waals surface area contributed by atoms with E-state index in [1.165, 1.54) is 0 Å². The quantitative estimate of drug-likeness (QED) is 0.323. The number of oxime groups is 1. The van der Waals surface area contributed by atoms with E-state index in [4.69, 9.17) is 11.0 Å². The van der Waals surface area contributed by atoms with E-state index in [0.717, 1.165) is 11.5 Å². The van der Waals surface area contributed by atoms with Gasteiger partial charge in [0, 0.05) is 11.5 Å². The first-order chi connectivity index (χ1) is 6.77. The normalized spacial score (nSPS) is 11.4. The minimum atomic E-state index is -0.206. The molecule has 8 nitrogen and oxygen atoms in total. The molecule has 0 aliphatic heterocycles. The van der Waals surface area contributed by atoms with Crippen LogP contribution >= 0.6 is 11.5 Å². The van der Waals surface area contributed by atoms with Crippen molar-refractivity contribution in [2.24, 2.45) is 5.16 Å². The van der Waals surface area contributed by atoms with Crippen molar-refractivity contribution < 1.29 is 20.0 Å². The van der Waals surface area contributed by atoms with Gasteiger partial charge < -0.3 is 10.6 Å². The SMILES string of the molecule is CCO/N=C(\OOO)c1nsc(N)n1. The lowest BCUT2D eigenvalue weighted by atomic mass is 10.6. The van der Waals surface area contributed by atoms with Gasteiger partial charge >= 0.3 is 5.90 Å². The predicted octanol–water partition coefficient (Wildman–Crippen LogP) is 0.240. The molecule has 1 aromatic rings. The van der Waals surface area contributed by atoms with E-state index in [1.54, 1.807) is 6.92 Å². The van der Waals surface area contributed by atoms with Crippen molar-refractivity contribution in [1.82, 2.24) is 9.36 Å². The molecule has 14 heavy (non-hydrogen) atoms. The Hall–Kier alpha value is -1.45. The van der Waals surface area contributed by atoms with Gasteiger partial charge in [-0.05, 0) is 17.1 Å². The lowest BCUT2D eigenvalue weighted by molar-refractivity contribution is -0.450. The first kappa shape index (κ1) is 10.6. The van der Waals surface area contributed by atoms with Crippen molar-refractivity contribution in [3.05, 3.63) is 5.82 Å². The molecule has 0 fully saturated rings. The summed E-state index contributed by atoms with van der Waals surface area (Å²) >= 11 is 0.955. The van der Waals surface area contributed by atoms with Gasteiger partial charge in [0.05, 0.1) is 0 Å². The zero-order valence-corrected chi connectivity index (χ0v) is 8.02. The fourth-order valence-electron chi connectivity index (χ4n) is 0.574. The molecule has 0 radical (unpaired) electrons. The molecule has 0 aliphatic carbocycles. The molecule has 3 N–H and O–H groups in total. The number of anilines is 1. The van der Waals surface area contributed by atoms with Crippen LogP contribution in [0.1, 0.15) is 12.7 Å². The van der Waals surface area contributed by atoms with Crippen molar-refractivity contribution >= 4 is 22.6 Å². The highest BCUT2D eigenvalue weighted by Gasteiger charge is 2.13. The standard InChI is InChI=1S/C5H8N4O4S/c1-2-11-8-4(12-13-10)3-7-5(6)14-9-3/h10H,2H2,1H3,(H2,6,7,9)/b8-4-. The van der Waals surface area contributed by atoms with E-state index >= 15 is 0 Å². The third-order valence-electron chi connectivity index (χ3n) is 1.03. The molecule has 0 aromatic carbocycles. The molecular formula is C5H8N4O4S. The number of aromatic nitrogens is 2. The minimum absolute atomic E-state index is 0.0787. The van der Waals surface area contributed by atoms with Crippen LogP contribution in [0.3, 0.4) is 0 Å². The van der Waals surface area contributed by atoms with Crippen molar-refractivity contribution in [2.45, 2.75) is 6.92 Å². The maximum Gasteiger partial charge on any atom is 0.339 e. The molecule has 1 aromatic heterocycles. The largest absolute Gasteiger partial charge is 0.393 e. The minimum Gasteiger partial charge on any atom is -0.393 e.